The predicted molar refractivity (Wildman–Crippen MR) is 82.1 cm³/mol. The maximum Gasteiger partial charge on any atom is 0.152 e. The minimum Gasteiger partial charge on any atom is -0.347 e. The minimum atomic E-state index is 0.771. The van der Waals surface area contributed by atoms with E-state index in [-0.39, 0.29) is 0 Å². The average molecular weight is 263 g/mol. The normalized spacial score (nSPS) is 10.8. The van der Waals surface area contributed by atoms with Gasteiger partial charge in [-0.3, -0.25) is 4.79 Å². The van der Waals surface area contributed by atoms with Crippen molar-refractivity contribution in [2.45, 2.75) is 19.4 Å². The number of carbonyl (C=O) groups excluding carboxylic acids is 1. The van der Waals surface area contributed by atoms with Gasteiger partial charge >= 0.3 is 0 Å². The van der Waals surface area contributed by atoms with Gasteiger partial charge in [-0.1, -0.05) is 42.5 Å². The molecule has 0 saturated heterocycles. The number of benzene rings is 2. The summed E-state index contributed by atoms with van der Waals surface area (Å²) in [5.41, 5.74) is 3.18. The number of hydrogen-bond acceptors (Lipinski definition) is 1. The Balaban J connectivity index is 1.76. The van der Waals surface area contributed by atoms with E-state index in [0.717, 1.165) is 42.1 Å². The number of fused-ring (bicyclic) bond motifs is 1. The molecular weight excluding hydrogens is 246 g/mol. The van der Waals surface area contributed by atoms with Crippen LogP contribution in [0.1, 0.15) is 22.3 Å². The first-order valence-electron chi connectivity index (χ1n) is 6.95. The molecule has 0 spiro atoms. The third kappa shape index (κ3) is 2.50. The third-order valence-electron chi connectivity index (χ3n) is 3.65. The van der Waals surface area contributed by atoms with Crippen LogP contribution in [-0.2, 0) is 13.0 Å². The zero-order chi connectivity index (χ0) is 13.8. The largest absolute Gasteiger partial charge is 0.347 e. The molecule has 0 aliphatic carbocycles. The molecule has 0 aliphatic rings. The van der Waals surface area contributed by atoms with Gasteiger partial charge in [-0.25, -0.2) is 0 Å². The first-order chi connectivity index (χ1) is 9.88. The molecule has 2 heteroatoms. The van der Waals surface area contributed by atoms with Crippen molar-refractivity contribution in [2.24, 2.45) is 0 Å². The highest BCUT2D eigenvalue weighted by molar-refractivity contribution is 5.96. The molecule has 2 aromatic carbocycles. The van der Waals surface area contributed by atoms with E-state index >= 15 is 0 Å². The lowest BCUT2D eigenvalue weighted by molar-refractivity contribution is 0.112. The van der Waals surface area contributed by atoms with Crippen molar-refractivity contribution in [3.63, 3.8) is 0 Å². The molecular formula is C18H17NO. The minimum absolute atomic E-state index is 0.771. The second-order valence-corrected chi connectivity index (χ2v) is 5.00. The molecule has 0 saturated carbocycles. The standard InChI is InChI=1S/C18H17NO/c20-14-17-10-4-9-16-11-13-19(18(16)17)12-5-8-15-6-2-1-3-7-15/h1-4,6-7,9-11,13-14H,5,8,12H2. The summed E-state index contributed by atoms with van der Waals surface area (Å²) >= 11 is 0. The molecule has 0 amide bonds. The zero-order valence-electron chi connectivity index (χ0n) is 11.3. The zero-order valence-corrected chi connectivity index (χ0v) is 11.3. The van der Waals surface area contributed by atoms with Crippen LogP contribution in [0.25, 0.3) is 10.9 Å². The summed E-state index contributed by atoms with van der Waals surface area (Å²) in [6.45, 7) is 0.934. The van der Waals surface area contributed by atoms with Crippen LogP contribution >= 0.6 is 0 Å². The van der Waals surface area contributed by atoms with Gasteiger partial charge in [0.1, 0.15) is 0 Å². The van der Waals surface area contributed by atoms with E-state index in [1.807, 2.05) is 18.2 Å². The number of rotatable bonds is 5. The van der Waals surface area contributed by atoms with Crippen LogP contribution in [0.4, 0.5) is 0 Å². The highest BCUT2D eigenvalue weighted by Crippen LogP contribution is 2.19. The van der Waals surface area contributed by atoms with Crippen LogP contribution in [0.2, 0.25) is 0 Å². The molecule has 3 rings (SSSR count). The Labute approximate surface area is 118 Å². The Morgan fingerprint density at radius 1 is 0.950 bits per heavy atom. The fraction of sp³-hybridized carbons (Fsp3) is 0.167. The van der Waals surface area contributed by atoms with Gasteiger partial charge in [0, 0.05) is 23.7 Å². The van der Waals surface area contributed by atoms with Crippen molar-refractivity contribution < 1.29 is 4.79 Å². The van der Waals surface area contributed by atoms with Gasteiger partial charge < -0.3 is 4.57 Å². The van der Waals surface area contributed by atoms with Gasteiger partial charge in [-0.15, -0.1) is 0 Å². The number of aldehydes is 1. The van der Waals surface area contributed by atoms with Crippen LogP contribution in [0.5, 0.6) is 0 Å². The monoisotopic (exact) mass is 263 g/mol. The summed E-state index contributed by atoms with van der Waals surface area (Å²) in [7, 11) is 0. The first-order valence-corrected chi connectivity index (χ1v) is 6.95. The predicted octanol–water partition coefficient (Wildman–Crippen LogP) is 4.09. The van der Waals surface area contributed by atoms with Crippen molar-refractivity contribution in [3.05, 3.63) is 71.9 Å². The quantitative estimate of drug-likeness (QED) is 0.635. The van der Waals surface area contributed by atoms with E-state index < -0.39 is 0 Å². The Kier molecular flexibility index (Phi) is 3.64. The van der Waals surface area contributed by atoms with Crippen molar-refractivity contribution in [1.29, 1.82) is 0 Å². The number of carbonyl (C=O) groups is 1. The van der Waals surface area contributed by atoms with E-state index in [1.165, 1.54) is 5.56 Å². The number of nitrogens with zero attached hydrogens (tertiary/aromatic N) is 1. The molecule has 1 heterocycles. The molecule has 0 atom stereocenters. The van der Waals surface area contributed by atoms with Gasteiger partial charge in [0.2, 0.25) is 0 Å². The van der Waals surface area contributed by atoms with E-state index in [0.29, 0.717) is 0 Å². The Bertz CT molecular complexity index is 713. The van der Waals surface area contributed by atoms with Gasteiger partial charge in [0.15, 0.2) is 6.29 Å². The van der Waals surface area contributed by atoms with Crippen molar-refractivity contribution >= 4 is 17.2 Å². The van der Waals surface area contributed by atoms with Crippen molar-refractivity contribution in [2.75, 3.05) is 0 Å². The summed E-state index contributed by atoms with van der Waals surface area (Å²) in [6, 6.07) is 18.4. The lowest BCUT2D eigenvalue weighted by atomic mass is 10.1. The average Bonchev–Trinajstić information content (AvgIpc) is 2.92. The molecule has 100 valence electrons. The van der Waals surface area contributed by atoms with Gasteiger partial charge in [0.25, 0.3) is 0 Å². The summed E-state index contributed by atoms with van der Waals surface area (Å²) in [6.07, 6.45) is 5.14. The molecule has 0 unspecified atom stereocenters. The molecule has 0 bridgehead atoms. The molecule has 0 fully saturated rings. The van der Waals surface area contributed by atoms with Crippen LogP contribution in [0.3, 0.4) is 0 Å². The van der Waals surface area contributed by atoms with Crippen molar-refractivity contribution in [3.8, 4) is 0 Å². The summed E-state index contributed by atoms with van der Waals surface area (Å²) in [4.78, 5) is 11.2. The summed E-state index contributed by atoms with van der Waals surface area (Å²) < 4.78 is 2.18. The molecule has 20 heavy (non-hydrogen) atoms. The van der Waals surface area contributed by atoms with E-state index in [4.69, 9.17) is 0 Å². The molecule has 0 radical (unpaired) electrons. The smallest absolute Gasteiger partial charge is 0.152 e. The highest BCUT2D eigenvalue weighted by Gasteiger charge is 2.05. The molecule has 0 aliphatic heterocycles. The second kappa shape index (κ2) is 5.74. The van der Waals surface area contributed by atoms with Crippen LogP contribution in [-0.4, -0.2) is 10.9 Å². The summed E-state index contributed by atoms with van der Waals surface area (Å²) in [5.74, 6) is 0. The fourth-order valence-corrected chi connectivity index (χ4v) is 2.67. The fourth-order valence-electron chi connectivity index (χ4n) is 2.67. The first kappa shape index (κ1) is 12.7. The topological polar surface area (TPSA) is 22.0 Å². The van der Waals surface area contributed by atoms with Gasteiger partial charge in [-0.2, -0.15) is 0 Å². The molecule has 2 nitrogen and oxygen atoms in total. The van der Waals surface area contributed by atoms with Crippen LogP contribution in [0.15, 0.2) is 60.8 Å². The molecule has 1 aromatic heterocycles. The van der Waals surface area contributed by atoms with Crippen LogP contribution < -0.4 is 0 Å². The lowest BCUT2D eigenvalue weighted by Crippen LogP contribution is -2.00. The van der Waals surface area contributed by atoms with Crippen LogP contribution in [0, 0.1) is 0 Å². The maximum absolute atomic E-state index is 11.2. The third-order valence-corrected chi connectivity index (χ3v) is 3.65. The number of para-hydroxylation sites is 1. The number of aromatic nitrogens is 1. The SMILES string of the molecule is O=Cc1cccc2ccn(CCCc3ccccc3)c12. The number of hydrogen-bond donors (Lipinski definition) is 0. The van der Waals surface area contributed by atoms with E-state index in [2.05, 4.69) is 47.2 Å². The maximum atomic E-state index is 11.2. The van der Waals surface area contributed by atoms with Crippen molar-refractivity contribution in [1.82, 2.24) is 4.57 Å². The molecule has 0 N–H and O–H groups in total. The lowest BCUT2D eigenvalue weighted by Gasteiger charge is -2.07. The second-order valence-electron chi connectivity index (χ2n) is 5.00. The van der Waals surface area contributed by atoms with E-state index in [9.17, 15) is 4.79 Å². The van der Waals surface area contributed by atoms with Gasteiger partial charge in [-0.05, 0) is 30.5 Å². The van der Waals surface area contributed by atoms with E-state index in [1.54, 1.807) is 0 Å². The Morgan fingerprint density at radius 3 is 2.60 bits per heavy atom. The van der Waals surface area contributed by atoms with Gasteiger partial charge in [0.05, 0.1) is 5.52 Å². The summed E-state index contributed by atoms with van der Waals surface area (Å²) in [5, 5.41) is 1.13. The Hall–Kier alpha value is -2.35. The highest BCUT2D eigenvalue weighted by atomic mass is 16.1. The Morgan fingerprint density at radius 2 is 1.80 bits per heavy atom. The molecule has 3 aromatic rings. The number of aryl methyl sites for hydroxylation is 2.